The zero-order valence-electron chi connectivity index (χ0n) is 7.06. The van der Waals surface area contributed by atoms with Gasteiger partial charge in [0, 0.05) is 12.7 Å². The average molecular weight is 178 g/mol. The van der Waals surface area contributed by atoms with Crippen molar-refractivity contribution in [2.24, 2.45) is 0 Å². The van der Waals surface area contributed by atoms with Gasteiger partial charge in [0.15, 0.2) is 0 Å². The SMILES string of the molecule is O=C(NC[C@@H]1CO1)c1ccccn1. The van der Waals surface area contributed by atoms with E-state index in [1.165, 1.54) is 0 Å². The van der Waals surface area contributed by atoms with E-state index in [-0.39, 0.29) is 12.0 Å². The van der Waals surface area contributed by atoms with Crippen molar-refractivity contribution in [3.8, 4) is 0 Å². The number of hydrogen-bond acceptors (Lipinski definition) is 3. The maximum atomic E-state index is 11.3. The van der Waals surface area contributed by atoms with Crippen molar-refractivity contribution in [3.05, 3.63) is 30.1 Å². The van der Waals surface area contributed by atoms with E-state index in [1.807, 2.05) is 0 Å². The summed E-state index contributed by atoms with van der Waals surface area (Å²) < 4.78 is 4.96. The van der Waals surface area contributed by atoms with Crippen molar-refractivity contribution in [1.29, 1.82) is 0 Å². The van der Waals surface area contributed by atoms with Crippen LogP contribution in [0.1, 0.15) is 10.5 Å². The summed E-state index contributed by atoms with van der Waals surface area (Å²) >= 11 is 0. The van der Waals surface area contributed by atoms with Crippen LogP contribution in [0.2, 0.25) is 0 Å². The van der Waals surface area contributed by atoms with Gasteiger partial charge < -0.3 is 10.1 Å². The predicted octanol–water partition coefficient (Wildman–Crippen LogP) is 0.210. The van der Waals surface area contributed by atoms with E-state index in [4.69, 9.17) is 4.74 Å². The quantitative estimate of drug-likeness (QED) is 0.673. The number of carbonyl (C=O) groups is 1. The zero-order valence-corrected chi connectivity index (χ0v) is 7.06. The number of aromatic nitrogens is 1. The first-order valence-corrected chi connectivity index (χ1v) is 4.17. The van der Waals surface area contributed by atoms with Crippen LogP contribution in [0.4, 0.5) is 0 Å². The first kappa shape index (κ1) is 8.19. The molecule has 1 aliphatic heterocycles. The molecular formula is C9H10N2O2. The molecule has 0 aliphatic carbocycles. The van der Waals surface area contributed by atoms with Gasteiger partial charge in [-0.3, -0.25) is 9.78 Å². The molecule has 1 N–H and O–H groups in total. The second-order valence-corrected chi connectivity index (χ2v) is 2.88. The molecule has 1 amide bonds. The molecule has 13 heavy (non-hydrogen) atoms. The number of pyridine rings is 1. The van der Waals surface area contributed by atoms with Crippen LogP contribution in [-0.2, 0) is 4.74 Å². The minimum absolute atomic E-state index is 0.142. The van der Waals surface area contributed by atoms with Crippen LogP contribution in [-0.4, -0.2) is 30.1 Å². The third kappa shape index (κ3) is 2.26. The van der Waals surface area contributed by atoms with Crippen molar-refractivity contribution in [3.63, 3.8) is 0 Å². The third-order valence-electron chi connectivity index (χ3n) is 1.79. The molecular weight excluding hydrogens is 168 g/mol. The molecule has 0 radical (unpaired) electrons. The second kappa shape index (κ2) is 3.53. The first-order chi connectivity index (χ1) is 6.36. The highest BCUT2D eigenvalue weighted by Gasteiger charge is 2.22. The zero-order chi connectivity index (χ0) is 9.10. The monoisotopic (exact) mass is 178 g/mol. The number of hydrogen-bond donors (Lipinski definition) is 1. The lowest BCUT2D eigenvalue weighted by molar-refractivity contribution is 0.0945. The topological polar surface area (TPSA) is 54.5 Å². The molecule has 4 nitrogen and oxygen atoms in total. The summed E-state index contributed by atoms with van der Waals surface area (Å²) in [5, 5.41) is 2.73. The molecule has 0 aromatic carbocycles. The highest BCUT2D eigenvalue weighted by atomic mass is 16.6. The van der Waals surface area contributed by atoms with Gasteiger partial charge in [-0.2, -0.15) is 0 Å². The van der Waals surface area contributed by atoms with E-state index in [9.17, 15) is 4.79 Å². The van der Waals surface area contributed by atoms with E-state index in [0.29, 0.717) is 12.2 Å². The lowest BCUT2D eigenvalue weighted by Crippen LogP contribution is -2.28. The molecule has 0 spiro atoms. The Morgan fingerprint density at radius 3 is 3.15 bits per heavy atom. The van der Waals surface area contributed by atoms with E-state index in [2.05, 4.69) is 10.3 Å². The van der Waals surface area contributed by atoms with Gasteiger partial charge in [0.1, 0.15) is 5.69 Å². The van der Waals surface area contributed by atoms with Crippen LogP contribution in [0.15, 0.2) is 24.4 Å². The molecule has 2 heterocycles. The van der Waals surface area contributed by atoms with Crippen LogP contribution < -0.4 is 5.32 Å². The van der Waals surface area contributed by atoms with Crippen molar-refractivity contribution in [2.75, 3.05) is 13.2 Å². The minimum Gasteiger partial charge on any atom is -0.371 e. The Balaban J connectivity index is 1.89. The summed E-state index contributed by atoms with van der Waals surface area (Å²) in [6.07, 6.45) is 1.82. The van der Waals surface area contributed by atoms with Gasteiger partial charge >= 0.3 is 0 Å². The summed E-state index contributed by atoms with van der Waals surface area (Å²) in [5.41, 5.74) is 0.447. The summed E-state index contributed by atoms with van der Waals surface area (Å²) in [6.45, 7) is 1.33. The Morgan fingerprint density at radius 2 is 2.54 bits per heavy atom. The lowest BCUT2D eigenvalue weighted by atomic mass is 10.3. The average Bonchev–Trinajstić information content (AvgIpc) is 2.99. The van der Waals surface area contributed by atoms with Crippen LogP contribution in [0.3, 0.4) is 0 Å². The second-order valence-electron chi connectivity index (χ2n) is 2.88. The Morgan fingerprint density at radius 1 is 1.69 bits per heavy atom. The molecule has 0 unspecified atom stereocenters. The van der Waals surface area contributed by atoms with E-state index in [1.54, 1.807) is 24.4 Å². The minimum atomic E-state index is -0.142. The van der Waals surface area contributed by atoms with Crippen LogP contribution in [0.25, 0.3) is 0 Å². The summed E-state index contributed by atoms with van der Waals surface area (Å²) in [6, 6.07) is 5.25. The first-order valence-electron chi connectivity index (χ1n) is 4.17. The molecule has 1 fully saturated rings. The Labute approximate surface area is 75.9 Å². The standard InChI is InChI=1S/C9H10N2O2/c12-9(11-5-7-6-13-7)8-3-1-2-4-10-8/h1-4,7H,5-6H2,(H,11,12)/t7-/m1/s1. The lowest BCUT2D eigenvalue weighted by Gasteiger charge is -2.00. The smallest absolute Gasteiger partial charge is 0.269 e. The van der Waals surface area contributed by atoms with Gasteiger partial charge in [0.05, 0.1) is 12.7 Å². The van der Waals surface area contributed by atoms with Gasteiger partial charge in [-0.15, -0.1) is 0 Å². The number of nitrogens with zero attached hydrogens (tertiary/aromatic N) is 1. The summed E-state index contributed by atoms with van der Waals surface area (Å²) in [5.74, 6) is -0.142. The number of nitrogens with one attached hydrogen (secondary N) is 1. The fourth-order valence-electron chi connectivity index (χ4n) is 0.980. The molecule has 0 saturated carbocycles. The number of epoxide rings is 1. The maximum Gasteiger partial charge on any atom is 0.269 e. The summed E-state index contributed by atoms with van der Waals surface area (Å²) in [7, 11) is 0. The van der Waals surface area contributed by atoms with Crippen molar-refractivity contribution in [1.82, 2.24) is 10.3 Å². The van der Waals surface area contributed by atoms with Gasteiger partial charge in [0.2, 0.25) is 0 Å². The molecule has 0 bridgehead atoms. The number of amides is 1. The summed E-state index contributed by atoms with van der Waals surface area (Å²) in [4.78, 5) is 15.3. The van der Waals surface area contributed by atoms with Gasteiger partial charge in [-0.05, 0) is 12.1 Å². The maximum absolute atomic E-state index is 11.3. The molecule has 68 valence electrons. The third-order valence-corrected chi connectivity index (χ3v) is 1.79. The van der Waals surface area contributed by atoms with E-state index in [0.717, 1.165) is 6.61 Å². The normalized spacial score (nSPS) is 19.5. The van der Waals surface area contributed by atoms with Crippen molar-refractivity contribution >= 4 is 5.91 Å². The number of carbonyl (C=O) groups excluding carboxylic acids is 1. The van der Waals surface area contributed by atoms with Gasteiger partial charge in [0.25, 0.3) is 5.91 Å². The van der Waals surface area contributed by atoms with Crippen LogP contribution in [0, 0.1) is 0 Å². The van der Waals surface area contributed by atoms with E-state index < -0.39 is 0 Å². The Kier molecular flexibility index (Phi) is 2.23. The van der Waals surface area contributed by atoms with Crippen molar-refractivity contribution < 1.29 is 9.53 Å². The molecule has 2 rings (SSSR count). The molecule has 4 heteroatoms. The Bertz CT molecular complexity index is 296. The fraction of sp³-hybridized carbons (Fsp3) is 0.333. The molecule has 1 aliphatic rings. The largest absolute Gasteiger partial charge is 0.371 e. The number of ether oxygens (including phenoxy) is 1. The number of rotatable bonds is 3. The fourth-order valence-corrected chi connectivity index (χ4v) is 0.980. The molecule has 1 atom stereocenters. The predicted molar refractivity (Wildman–Crippen MR) is 46.3 cm³/mol. The molecule has 1 saturated heterocycles. The van der Waals surface area contributed by atoms with Crippen LogP contribution >= 0.6 is 0 Å². The van der Waals surface area contributed by atoms with Crippen molar-refractivity contribution in [2.45, 2.75) is 6.10 Å². The Hall–Kier alpha value is -1.42. The highest BCUT2D eigenvalue weighted by Crippen LogP contribution is 2.06. The van der Waals surface area contributed by atoms with Gasteiger partial charge in [-0.1, -0.05) is 6.07 Å². The highest BCUT2D eigenvalue weighted by molar-refractivity contribution is 5.92. The molecule has 1 aromatic rings. The van der Waals surface area contributed by atoms with Crippen LogP contribution in [0.5, 0.6) is 0 Å². The molecule has 1 aromatic heterocycles. The van der Waals surface area contributed by atoms with Gasteiger partial charge in [-0.25, -0.2) is 0 Å². The van der Waals surface area contributed by atoms with E-state index >= 15 is 0 Å².